The summed E-state index contributed by atoms with van der Waals surface area (Å²) in [6.45, 7) is 0. The third kappa shape index (κ3) is 2.88. The van der Waals surface area contributed by atoms with Gasteiger partial charge >= 0.3 is 0 Å². The van der Waals surface area contributed by atoms with Gasteiger partial charge in [0.05, 0.1) is 25.2 Å². The van der Waals surface area contributed by atoms with Crippen LogP contribution in [0.1, 0.15) is 11.1 Å². The molecule has 20 heavy (non-hydrogen) atoms. The van der Waals surface area contributed by atoms with E-state index in [2.05, 4.69) is 0 Å². The molecular formula is C15H15NO4. The van der Waals surface area contributed by atoms with Crippen LogP contribution in [0.3, 0.4) is 0 Å². The van der Waals surface area contributed by atoms with Gasteiger partial charge in [-0.2, -0.15) is 0 Å². The first kappa shape index (κ1) is 13.9. The molecule has 5 heteroatoms. The van der Waals surface area contributed by atoms with Gasteiger partial charge in [-0.25, -0.2) is 0 Å². The molecule has 0 spiro atoms. The maximum atomic E-state index is 11.2. The summed E-state index contributed by atoms with van der Waals surface area (Å²) in [5.74, 6) is 0.847. The Kier molecular flexibility index (Phi) is 4.20. The molecule has 0 aliphatic heterocycles. The fraction of sp³-hybridized carbons (Fsp3) is 0.200. The van der Waals surface area contributed by atoms with Crippen LogP contribution in [-0.2, 0) is 6.42 Å². The minimum atomic E-state index is -0.403. The Balaban J connectivity index is 2.47. The summed E-state index contributed by atoms with van der Waals surface area (Å²) in [7, 11) is 2.97. The molecule has 0 aromatic heterocycles. The van der Waals surface area contributed by atoms with Gasteiger partial charge in [0.25, 0.3) is 5.69 Å². The second-order valence-corrected chi connectivity index (χ2v) is 4.26. The number of methoxy groups -OCH3 is 2. The Hall–Kier alpha value is -2.56. The molecule has 5 nitrogen and oxygen atoms in total. The summed E-state index contributed by atoms with van der Waals surface area (Å²) >= 11 is 0. The van der Waals surface area contributed by atoms with Crippen LogP contribution < -0.4 is 9.47 Å². The third-order valence-electron chi connectivity index (χ3n) is 3.02. The van der Waals surface area contributed by atoms with Crippen molar-refractivity contribution < 1.29 is 14.4 Å². The van der Waals surface area contributed by atoms with E-state index in [0.717, 1.165) is 5.56 Å². The molecule has 0 radical (unpaired) electrons. The molecule has 0 fully saturated rings. The Bertz CT molecular complexity index is 611. The van der Waals surface area contributed by atoms with Crippen LogP contribution in [0.4, 0.5) is 5.69 Å². The third-order valence-corrected chi connectivity index (χ3v) is 3.02. The van der Waals surface area contributed by atoms with Gasteiger partial charge in [0.1, 0.15) is 0 Å². The van der Waals surface area contributed by atoms with Gasteiger partial charge < -0.3 is 9.47 Å². The van der Waals surface area contributed by atoms with E-state index in [1.165, 1.54) is 20.3 Å². The van der Waals surface area contributed by atoms with Crippen LogP contribution in [0.2, 0.25) is 0 Å². The lowest BCUT2D eigenvalue weighted by atomic mass is 10.0. The molecule has 0 bridgehead atoms. The number of nitrogens with zero attached hydrogens (tertiary/aromatic N) is 1. The van der Waals surface area contributed by atoms with Gasteiger partial charge in [-0.05, 0) is 11.6 Å². The first-order valence-electron chi connectivity index (χ1n) is 6.09. The summed E-state index contributed by atoms with van der Waals surface area (Å²) in [4.78, 5) is 10.8. The van der Waals surface area contributed by atoms with Crippen molar-refractivity contribution in [2.75, 3.05) is 14.2 Å². The Labute approximate surface area is 116 Å². The smallest absolute Gasteiger partial charge is 0.276 e. The Morgan fingerprint density at radius 1 is 1.05 bits per heavy atom. The number of hydrogen-bond acceptors (Lipinski definition) is 4. The van der Waals surface area contributed by atoms with E-state index in [4.69, 9.17) is 9.47 Å². The molecular weight excluding hydrogens is 258 g/mol. The quantitative estimate of drug-likeness (QED) is 0.620. The standard InChI is InChI=1S/C15H15NO4/c1-19-14-9-12(8-11-6-4-3-5-7-11)13(16(17)18)10-15(14)20-2/h3-7,9-10H,8H2,1-2H3. The minimum absolute atomic E-state index is 0.0338. The van der Waals surface area contributed by atoms with Crippen LogP contribution in [-0.4, -0.2) is 19.1 Å². The van der Waals surface area contributed by atoms with Gasteiger partial charge in [0.2, 0.25) is 0 Å². The predicted molar refractivity (Wildman–Crippen MR) is 75.4 cm³/mol. The van der Waals surface area contributed by atoms with Crippen molar-refractivity contribution in [3.05, 3.63) is 63.7 Å². The number of ether oxygens (including phenoxy) is 2. The van der Waals surface area contributed by atoms with E-state index in [-0.39, 0.29) is 5.69 Å². The molecule has 0 aliphatic carbocycles. The zero-order valence-electron chi connectivity index (χ0n) is 11.3. The summed E-state index contributed by atoms with van der Waals surface area (Å²) in [5.41, 5.74) is 1.63. The maximum absolute atomic E-state index is 11.2. The Morgan fingerprint density at radius 2 is 1.65 bits per heavy atom. The molecule has 0 heterocycles. The van der Waals surface area contributed by atoms with Crippen LogP contribution in [0.5, 0.6) is 11.5 Å². The normalized spacial score (nSPS) is 10.1. The highest BCUT2D eigenvalue weighted by Gasteiger charge is 2.19. The number of nitro groups is 1. The number of hydrogen-bond donors (Lipinski definition) is 0. The lowest BCUT2D eigenvalue weighted by molar-refractivity contribution is -0.385. The maximum Gasteiger partial charge on any atom is 0.276 e. The molecule has 2 aromatic carbocycles. The van der Waals surface area contributed by atoms with Crippen LogP contribution in [0.25, 0.3) is 0 Å². The summed E-state index contributed by atoms with van der Waals surface area (Å²) in [5, 5.41) is 11.2. The van der Waals surface area contributed by atoms with E-state index >= 15 is 0 Å². The number of nitro benzene ring substituents is 1. The highest BCUT2D eigenvalue weighted by atomic mass is 16.6. The zero-order valence-corrected chi connectivity index (χ0v) is 11.3. The predicted octanol–water partition coefficient (Wildman–Crippen LogP) is 3.20. The Morgan fingerprint density at radius 3 is 2.20 bits per heavy atom. The van der Waals surface area contributed by atoms with Crippen molar-refractivity contribution in [2.45, 2.75) is 6.42 Å². The summed E-state index contributed by atoms with van der Waals surface area (Å²) in [6, 6.07) is 12.6. The fourth-order valence-corrected chi connectivity index (χ4v) is 2.04. The molecule has 0 atom stereocenters. The van der Waals surface area contributed by atoms with E-state index in [9.17, 15) is 10.1 Å². The number of benzene rings is 2. The summed E-state index contributed by atoms with van der Waals surface area (Å²) < 4.78 is 10.3. The van der Waals surface area contributed by atoms with Crippen molar-refractivity contribution in [3.8, 4) is 11.5 Å². The van der Waals surface area contributed by atoms with Gasteiger partial charge in [-0.3, -0.25) is 10.1 Å². The molecule has 0 unspecified atom stereocenters. The molecule has 0 amide bonds. The van der Waals surface area contributed by atoms with Crippen molar-refractivity contribution in [3.63, 3.8) is 0 Å². The van der Waals surface area contributed by atoms with Crippen molar-refractivity contribution in [1.29, 1.82) is 0 Å². The van der Waals surface area contributed by atoms with Gasteiger partial charge in [-0.15, -0.1) is 0 Å². The van der Waals surface area contributed by atoms with Crippen molar-refractivity contribution >= 4 is 5.69 Å². The second-order valence-electron chi connectivity index (χ2n) is 4.26. The fourth-order valence-electron chi connectivity index (χ4n) is 2.04. The summed E-state index contributed by atoms with van der Waals surface area (Å²) in [6.07, 6.45) is 0.470. The molecule has 104 valence electrons. The van der Waals surface area contributed by atoms with Crippen molar-refractivity contribution in [2.24, 2.45) is 0 Å². The zero-order chi connectivity index (χ0) is 14.5. The SMILES string of the molecule is COc1cc(Cc2ccccc2)c([N+](=O)[O-])cc1OC. The first-order valence-corrected chi connectivity index (χ1v) is 6.09. The molecule has 0 aliphatic rings. The average Bonchev–Trinajstić information content (AvgIpc) is 2.47. The van der Waals surface area contributed by atoms with Crippen LogP contribution in [0, 0.1) is 10.1 Å². The minimum Gasteiger partial charge on any atom is -0.493 e. The van der Waals surface area contributed by atoms with Crippen LogP contribution in [0.15, 0.2) is 42.5 Å². The largest absolute Gasteiger partial charge is 0.493 e. The molecule has 0 saturated carbocycles. The van der Waals surface area contributed by atoms with E-state index < -0.39 is 4.92 Å². The van der Waals surface area contributed by atoms with E-state index in [0.29, 0.717) is 23.5 Å². The van der Waals surface area contributed by atoms with Crippen LogP contribution >= 0.6 is 0 Å². The van der Waals surface area contributed by atoms with Crippen molar-refractivity contribution in [1.82, 2.24) is 0 Å². The highest BCUT2D eigenvalue weighted by molar-refractivity contribution is 5.55. The van der Waals surface area contributed by atoms with Gasteiger partial charge in [0.15, 0.2) is 11.5 Å². The molecule has 0 N–H and O–H groups in total. The highest BCUT2D eigenvalue weighted by Crippen LogP contribution is 2.35. The topological polar surface area (TPSA) is 61.6 Å². The van der Waals surface area contributed by atoms with Gasteiger partial charge in [0, 0.05) is 12.0 Å². The molecule has 0 saturated heterocycles. The van der Waals surface area contributed by atoms with E-state index in [1.54, 1.807) is 6.07 Å². The lowest BCUT2D eigenvalue weighted by Crippen LogP contribution is -2.00. The first-order chi connectivity index (χ1) is 9.65. The molecule has 2 rings (SSSR count). The average molecular weight is 273 g/mol. The lowest BCUT2D eigenvalue weighted by Gasteiger charge is -2.10. The number of rotatable bonds is 5. The monoisotopic (exact) mass is 273 g/mol. The van der Waals surface area contributed by atoms with E-state index in [1.807, 2.05) is 30.3 Å². The van der Waals surface area contributed by atoms with Gasteiger partial charge in [-0.1, -0.05) is 30.3 Å². The molecule has 2 aromatic rings. The second kappa shape index (κ2) is 6.06.